The van der Waals surface area contributed by atoms with Crippen LogP contribution in [-0.4, -0.2) is 12.1 Å². The molecule has 15 heavy (non-hydrogen) atoms. The Bertz CT molecular complexity index is 394. The molecule has 1 aromatic carbocycles. The monoisotopic (exact) mass is 201 g/mol. The third-order valence-electron chi connectivity index (χ3n) is 4.18. The van der Waals surface area contributed by atoms with Gasteiger partial charge in [0.25, 0.3) is 0 Å². The highest BCUT2D eigenvalue weighted by Gasteiger charge is 2.47. The van der Waals surface area contributed by atoms with Crippen molar-refractivity contribution in [2.75, 3.05) is 0 Å². The van der Waals surface area contributed by atoms with Crippen LogP contribution in [0.25, 0.3) is 0 Å². The molecule has 0 bridgehead atoms. The zero-order chi connectivity index (χ0) is 10.6. The molecule has 0 amide bonds. The maximum absolute atomic E-state index is 3.62. The van der Waals surface area contributed by atoms with E-state index in [4.69, 9.17) is 0 Å². The fourth-order valence-electron chi connectivity index (χ4n) is 3.23. The molecule has 1 heteroatoms. The maximum atomic E-state index is 3.62. The first kappa shape index (κ1) is 9.41. The van der Waals surface area contributed by atoms with Crippen molar-refractivity contribution in [3.05, 3.63) is 35.4 Å². The van der Waals surface area contributed by atoms with E-state index in [1.807, 2.05) is 0 Å². The lowest BCUT2D eigenvalue weighted by atomic mass is 9.78. The highest BCUT2D eigenvalue weighted by molar-refractivity contribution is 5.40. The Morgan fingerprint density at radius 1 is 1.27 bits per heavy atom. The van der Waals surface area contributed by atoms with Crippen molar-refractivity contribution in [2.24, 2.45) is 0 Å². The second kappa shape index (κ2) is 2.85. The van der Waals surface area contributed by atoms with Crippen molar-refractivity contribution in [1.29, 1.82) is 0 Å². The Balaban J connectivity index is 2.15. The fourth-order valence-corrected chi connectivity index (χ4v) is 3.23. The van der Waals surface area contributed by atoms with Gasteiger partial charge in [0.05, 0.1) is 0 Å². The first-order chi connectivity index (χ1) is 7.09. The average molecular weight is 201 g/mol. The van der Waals surface area contributed by atoms with Gasteiger partial charge < -0.3 is 5.32 Å². The van der Waals surface area contributed by atoms with Crippen LogP contribution in [0.3, 0.4) is 0 Å². The molecule has 0 saturated carbocycles. The third kappa shape index (κ3) is 1.33. The molecule has 1 N–H and O–H groups in total. The summed E-state index contributed by atoms with van der Waals surface area (Å²) in [6, 6.07) is 10.5. The van der Waals surface area contributed by atoms with Crippen LogP contribution in [0.1, 0.15) is 44.2 Å². The standard InChI is InChI=1S/C14H19N/c1-9-10-6-4-5-7-11(10)14(2,3)8-12-13(9)15-12/h4-7,9,12-13,15H,8H2,1-3H3/t9-,12+,13-/m1/s1. The highest BCUT2D eigenvalue weighted by Crippen LogP contribution is 2.45. The first-order valence-electron chi connectivity index (χ1n) is 5.95. The molecule has 0 spiro atoms. The molecule has 1 aliphatic carbocycles. The Morgan fingerprint density at radius 2 is 2.00 bits per heavy atom. The molecule has 2 aliphatic rings. The van der Waals surface area contributed by atoms with Crippen LogP contribution in [0.2, 0.25) is 0 Å². The lowest BCUT2D eigenvalue weighted by molar-refractivity contribution is 0.477. The van der Waals surface area contributed by atoms with E-state index in [2.05, 4.69) is 50.4 Å². The number of hydrogen-bond acceptors (Lipinski definition) is 1. The Kier molecular flexibility index (Phi) is 1.79. The van der Waals surface area contributed by atoms with Crippen LogP contribution in [-0.2, 0) is 5.41 Å². The van der Waals surface area contributed by atoms with Gasteiger partial charge in [0.1, 0.15) is 0 Å². The van der Waals surface area contributed by atoms with Gasteiger partial charge in [-0.2, -0.15) is 0 Å². The van der Waals surface area contributed by atoms with E-state index in [1.165, 1.54) is 6.42 Å². The predicted molar refractivity (Wildman–Crippen MR) is 63.2 cm³/mol. The van der Waals surface area contributed by atoms with Crippen LogP contribution in [0.4, 0.5) is 0 Å². The minimum Gasteiger partial charge on any atom is -0.307 e. The van der Waals surface area contributed by atoms with Crippen LogP contribution in [0.15, 0.2) is 24.3 Å². The maximum Gasteiger partial charge on any atom is 0.0290 e. The summed E-state index contributed by atoms with van der Waals surface area (Å²) in [5, 5.41) is 3.62. The van der Waals surface area contributed by atoms with Gasteiger partial charge in [-0.1, -0.05) is 45.0 Å². The van der Waals surface area contributed by atoms with E-state index >= 15 is 0 Å². The first-order valence-corrected chi connectivity index (χ1v) is 5.95. The average Bonchev–Trinajstić information content (AvgIpc) is 2.95. The third-order valence-corrected chi connectivity index (χ3v) is 4.18. The number of hydrogen-bond donors (Lipinski definition) is 1. The van der Waals surface area contributed by atoms with E-state index in [0.717, 1.165) is 12.1 Å². The van der Waals surface area contributed by atoms with Gasteiger partial charge in [-0.25, -0.2) is 0 Å². The molecule has 0 unspecified atom stereocenters. The van der Waals surface area contributed by atoms with Crippen LogP contribution in [0.5, 0.6) is 0 Å². The van der Waals surface area contributed by atoms with Gasteiger partial charge in [-0.3, -0.25) is 0 Å². The fraction of sp³-hybridized carbons (Fsp3) is 0.571. The van der Waals surface area contributed by atoms with Gasteiger partial charge in [0.2, 0.25) is 0 Å². The van der Waals surface area contributed by atoms with Crippen LogP contribution in [0, 0.1) is 0 Å². The summed E-state index contributed by atoms with van der Waals surface area (Å²) < 4.78 is 0. The zero-order valence-electron chi connectivity index (χ0n) is 9.75. The van der Waals surface area contributed by atoms with E-state index in [9.17, 15) is 0 Å². The molecular weight excluding hydrogens is 182 g/mol. The SMILES string of the molecule is C[C@@H]1c2ccccc2C(C)(C)C[C@@H]2N[C@@H]21. The molecule has 3 rings (SSSR count). The molecule has 0 radical (unpaired) electrons. The lowest BCUT2D eigenvalue weighted by Crippen LogP contribution is -2.21. The molecule has 1 heterocycles. The smallest absolute Gasteiger partial charge is 0.0290 e. The van der Waals surface area contributed by atoms with E-state index < -0.39 is 0 Å². The van der Waals surface area contributed by atoms with Crippen LogP contribution < -0.4 is 5.32 Å². The quantitative estimate of drug-likeness (QED) is 0.640. The largest absolute Gasteiger partial charge is 0.307 e. The van der Waals surface area contributed by atoms with Crippen molar-refractivity contribution in [1.82, 2.24) is 5.32 Å². The normalized spacial score (nSPS) is 36.3. The summed E-state index contributed by atoms with van der Waals surface area (Å²) in [5.74, 6) is 0.674. The minimum absolute atomic E-state index is 0.327. The van der Waals surface area contributed by atoms with E-state index in [1.54, 1.807) is 11.1 Å². The summed E-state index contributed by atoms with van der Waals surface area (Å²) in [5.41, 5.74) is 3.44. The summed E-state index contributed by atoms with van der Waals surface area (Å²) in [6.45, 7) is 7.11. The van der Waals surface area contributed by atoms with Crippen molar-refractivity contribution >= 4 is 0 Å². The number of fused-ring (bicyclic) bond motifs is 2. The van der Waals surface area contributed by atoms with Crippen molar-refractivity contribution in [3.8, 4) is 0 Å². The predicted octanol–water partition coefficient (Wildman–Crippen LogP) is 2.81. The second-order valence-electron chi connectivity index (χ2n) is 5.76. The van der Waals surface area contributed by atoms with Crippen molar-refractivity contribution in [3.63, 3.8) is 0 Å². The Morgan fingerprint density at radius 3 is 2.80 bits per heavy atom. The lowest BCUT2D eigenvalue weighted by Gasteiger charge is -2.27. The van der Waals surface area contributed by atoms with Crippen molar-refractivity contribution < 1.29 is 0 Å². The molecular formula is C14H19N. The van der Waals surface area contributed by atoms with Gasteiger partial charge in [0.15, 0.2) is 0 Å². The number of rotatable bonds is 0. The van der Waals surface area contributed by atoms with Gasteiger partial charge in [-0.05, 0) is 28.9 Å². The molecule has 0 aromatic heterocycles. The van der Waals surface area contributed by atoms with Crippen LogP contribution >= 0.6 is 0 Å². The number of benzene rings is 1. The Labute approximate surface area is 91.9 Å². The van der Waals surface area contributed by atoms with Gasteiger partial charge in [-0.15, -0.1) is 0 Å². The Hall–Kier alpha value is -0.820. The number of nitrogens with one attached hydrogen (secondary N) is 1. The molecule has 1 saturated heterocycles. The van der Waals surface area contributed by atoms with Crippen molar-refractivity contribution in [2.45, 2.75) is 50.6 Å². The molecule has 1 aliphatic heterocycles. The zero-order valence-corrected chi connectivity index (χ0v) is 9.75. The molecule has 1 nitrogen and oxygen atoms in total. The summed E-state index contributed by atoms with van der Waals surface area (Å²) in [7, 11) is 0. The minimum atomic E-state index is 0.327. The molecule has 1 aromatic rings. The topological polar surface area (TPSA) is 21.9 Å². The van der Waals surface area contributed by atoms with Gasteiger partial charge >= 0.3 is 0 Å². The molecule has 80 valence electrons. The van der Waals surface area contributed by atoms with Gasteiger partial charge in [0, 0.05) is 12.1 Å². The molecule has 1 fully saturated rings. The summed E-state index contributed by atoms with van der Waals surface area (Å²) in [4.78, 5) is 0. The molecule has 3 atom stereocenters. The highest BCUT2D eigenvalue weighted by atomic mass is 15.2. The van der Waals surface area contributed by atoms with E-state index in [-0.39, 0.29) is 0 Å². The summed E-state index contributed by atoms with van der Waals surface area (Å²) >= 11 is 0. The summed E-state index contributed by atoms with van der Waals surface area (Å²) in [6.07, 6.45) is 1.28. The van der Waals surface area contributed by atoms with E-state index in [0.29, 0.717) is 11.3 Å². The second-order valence-corrected chi connectivity index (χ2v) is 5.76.